The highest BCUT2D eigenvalue weighted by molar-refractivity contribution is 7.00. The molecule has 0 amide bonds. The van der Waals surface area contributed by atoms with Gasteiger partial charge in [-0.2, -0.15) is 0 Å². The summed E-state index contributed by atoms with van der Waals surface area (Å²) in [5.41, 5.74) is 23.2. The number of hydrogen-bond acceptors (Lipinski definition) is 4. The van der Waals surface area contributed by atoms with Gasteiger partial charge in [-0.25, -0.2) is 9.97 Å². The molecule has 7 aromatic carbocycles. The molecule has 0 bridgehead atoms. The Labute approximate surface area is 450 Å². The third-order valence-electron chi connectivity index (χ3n) is 15.7. The largest absolute Gasteiger partial charge is 0.311 e. The van der Waals surface area contributed by atoms with Gasteiger partial charge in [-0.3, -0.25) is 0 Å². The van der Waals surface area contributed by atoms with Crippen LogP contribution in [0.1, 0.15) is 158 Å². The van der Waals surface area contributed by atoms with Gasteiger partial charge in [-0.15, -0.1) is 0 Å². The number of nitrogens with zero attached hydrogens (tertiary/aromatic N) is 4. The maximum Gasteiger partial charge on any atom is 0.252 e. The first-order valence-electron chi connectivity index (χ1n) is 27.3. The van der Waals surface area contributed by atoms with Crippen molar-refractivity contribution in [3.8, 4) is 33.9 Å². The second kappa shape index (κ2) is 18.0. The molecule has 0 spiro atoms. The van der Waals surface area contributed by atoms with Gasteiger partial charge in [0.1, 0.15) is 0 Å². The van der Waals surface area contributed by atoms with E-state index < -0.39 is 0 Å². The molecule has 10 rings (SSSR count). The lowest BCUT2D eigenvalue weighted by Crippen LogP contribution is -2.61. The van der Waals surface area contributed by atoms with Crippen LogP contribution in [0.5, 0.6) is 0 Å². The first-order chi connectivity index (χ1) is 34.9. The number of benzene rings is 7. The predicted octanol–water partition coefficient (Wildman–Crippen LogP) is 17.3. The Bertz CT molecular complexity index is 3200. The van der Waals surface area contributed by atoms with Crippen LogP contribution in [0, 0.1) is 0 Å². The van der Waals surface area contributed by atoms with Crippen molar-refractivity contribution in [3.05, 3.63) is 185 Å². The molecule has 1 aromatic heterocycles. The van der Waals surface area contributed by atoms with Crippen molar-refractivity contribution >= 4 is 57.2 Å². The fourth-order valence-corrected chi connectivity index (χ4v) is 10.9. The number of rotatable bonds is 5. The molecule has 0 atom stereocenters. The van der Waals surface area contributed by atoms with Crippen LogP contribution in [0.25, 0.3) is 33.9 Å². The van der Waals surface area contributed by atoms with Crippen molar-refractivity contribution in [2.24, 2.45) is 0 Å². The topological polar surface area (TPSA) is 32.3 Å². The molecule has 0 unspecified atom stereocenters. The molecule has 0 N–H and O–H groups in total. The van der Waals surface area contributed by atoms with Crippen molar-refractivity contribution < 1.29 is 0 Å². The second-order valence-electron chi connectivity index (χ2n) is 27.8. The average Bonchev–Trinajstić information content (AvgIpc) is 3.35. The molecule has 0 radical (unpaired) electrons. The minimum Gasteiger partial charge on any atom is -0.311 e. The van der Waals surface area contributed by atoms with Gasteiger partial charge in [-0.1, -0.05) is 222 Å². The molecule has 2 aliphatic heterocycles. The van der Waals surface area contributed by atoms with Crippen molar-refractivity contribution in [3.63, 3.8) is 0 Å². The van der Waals surface area contributed by atoms with Gasteiger partial charge < -0.3 is 9.80 Å². The third-order valence-corrected chi connectivity index (χ3v) is 15.7. The van der Waals surface area contributed by atoms with Crippen LogP contribution in [0.15, 0.2) is 152 Å². The Morgan fingerprint density at radius 3 is 1.01 bits per heavy atom. The lowest BCUT2D eigenvalue weighted by atomic mass is 9.33. The number of hydrogen-bond donors (Lipinski definition) is 0. The van der Waals surface area contributed by atoms with Gasteiger partial charge in [0.25, 0.3) is 6.71 Å². The molecule has 0 saturated carbocycles. The van der Waals surface area contributed by atoms with Gasteiger partial charge in [0.05, 0.1) is 11.4 Å². The van der Waals surface area contributed by atoms with Crippen LogP contribution in [-0.2, 0) is 32.5 Å². The summed E-state index contributed by atoms with van der Waals surface area (Å²) < 4.78 is 0. The zero-order valence-electron chi connectivity index (χ0n) is 48.3. The summed E-state index contributed by atoms with van der Waals surface area (Å²) >= 11 is 0. The summed E-state index contributed by atoms with van der Waals surface area (Å²) in [7, 11) is 0. The van der Waals surface area contributed by atoms with Crippen LogP contribution >= 0.6 is 0 Å². The standard InChI is InChI=1S/C70H79BN4/c1-65(2,3)47-29-31-59-55(41-47)71-56-42-48(66(4,5)6)30-32-60(56)75(54-39-51(69(13,14)15)36-52(40-54)70(16,17)18)62-34-46(58-43-57(44-25-21-19-22-26-44)72-64(73-58)45-27-23-20-24-28-45)33-61(63(62)71)74(59)53-37-49(67(7,8)9)35-50(38-53)68(10,11)12/h19-43H,1-18H3. The molecule has 4 nitrogen and oxygen atoms in total. The van der Waals surface area contributed by atoms with E-state index in [0.717, 1.165) is 50.8 Å². The van der Waals surface area contributed by atoms with Crippen LogP contribution in [0.3, 0.4) is 0 Å². The lowest BCUT2D eigenvalue weighted by molar-refractivity contribution is 0.568. The van der Waals surface area contributed by atoms with Crippen LogP contribution in [-0.4, -0.2) is 16.7 Å². The van der Waals surface area contributed by atoms with Gasteiger partial charge in [0, 0.05) is 50.8 Å². The highest BCUT2D eigenvalue weighted by atomic mass is 15.2. The van der Waals surface area contributed by atoms with E-state index in [9.17, 15) is 0 Å². The summed E-state index contributed by atoms with van der Waals surface area (Å²) in [5, 5.41) is 0. The fourth-order valence-electron chi connectivity index (χ4n) is 10.9. The Hall–Kier alpha value is -6.72. The van der Waals surface area contributed by atoms with Crippen molar-refractivity contribution in [2.75, 3.05) is 9.80 Å². The van der Waals surface area contributed by atoms with E-state index in [1.807, 2.05) is 0 Å². The normalized spacial score (nSPS) is 13.9. The quantitative estimate of drug-likeness (QED) is 0.161. The summed E-state index contributed by atoms with van der Waals surface area (Å²) in [6, 6.07) is 57.6. The number of anilines is 6. The molecule has 0 aliphatic carbocycles. The van der Waals surface area contributed by atoms with Crippen molar-refractivity contribution in [2.45, 2.75) is 157 Å². The minimum atomic E-state index is -0.0981. The Morgan fingerprint density at radius 2 is 0.653 bits per heavy atom. The Kier molecular flexibility index (Phi) is 12.4. The third kappa shape index (κ3) is 9.77. The zero-order chi connectivity index (χ0) is 53.9. The number of aromatic nitrogens is 2. The Balaban J connectivity index is 1.41. The van der Waals surface area contributed by atoms with Crippen molar-refractivity contribution in [1.82, 2.24) is 9.97 Å². The summed E-state index contributed by atoms with van der Waals surface area (Å²) in [6.07, 6.45) is 0. The molecule has 5 heteroatoms. The molecule has 3 heterocycles. The van der Waals surface area contributed by atoms with Gasteiger partial charge in [0.15, 0.2) is 5.82 Å². The van der Waals surface area contributed by atoms with Gasteiger partial charge in [0.2, 0.25) is 0 Å². The molecule has 75 heavy (non-hydrogen) atoms. The number of fused-ring (bicyclic) bond motifs is 4. The molecule has 0 fully saturated rings. The van der Waals surface area contributed by atoms with E-state index in [-0.39, 0.29) is 39.2 Å². The first-order valence-corrected chi connectivity index (χ1v) is 27.3. The molecule has 0 saturated heterocycles. The Morgan fingerprint density at radius 1 is 0.307 bits per heavy atom. The molecule has 8 aromatic rings. The maximum absolute atomic E-state index is 5.56. The van der Waals surface area contributed by atoms with Gasteiger partial charge >= 0.3 is 0 Å². The molecular formula is C70H79BN4. The van der Waals surface area contributed by atoms with E-state index >= 15 is 0 Å². The van der Waals surface area contributed by atoms with E-state index in [1.165, 1.54) is 61.1 Å². The fraction of sp³-hybridized carbons (Fsp3) is 0.343. The van der Waals surface area contributed by atoms with E-state index in [2.05, 4.69) is 286 Å². The average molecular weight is 987 g/mol. The summed E-state index contributed by atoms with van der Waals surface area (Å²) in [4.78, 5) is 16.1. The monoisotopic (exact) mass is 987 g/mol. The summed E-state index contributed by atoms with van der Waals surface area (Å²) in [6.45, 7) is 42.2. The maximum atomic E-state index is 5.56. The highest BCUT2D eigenvalue weighted by Gasteiger charge is 2.45. The lowest BCUT2D eigenvalue weighted by Gasteiger charge is -2.45. The van der Waals surface area contributed by atoms with Crippen LogP contribution in [0.2, 0.25) is 0 Å². The minimum absolute atomic E-state index is 0.0721. The predicted molar refractivity (Wildman–Crippen MR) is 325 cm³/mol. The van der Waals surface area contributed by atoms with E-state index in [1.54, 1.807) is 0 Å². The first kappa shape index (κ1) is 51.8. The van der Waals surface area contributed by atoms with E-state index in [0.29, 0.717) is 5.82 Å². The van der Waals surface area contributed by atoms with Crippen LogP contribution in [0.4, 0.5) is 34.1 Å². The molecular weight excluding hydrogens is 908 g/mol. The van der Waals surface area contributed by atoms with Crippen LogP contribution < -0.4 is 26.2 Å². The van der Waals surface area contributed by atoms with E-state index in [4.69, 9.17) is 9.97 Å². The smallest absolute Gasteiger partial charge is 0.252 e. The highest BCUT2D eigenvalue weighted by Crippen LogP contribution is 2.49. The second-order valence-corrected chi connectivity index (χ2v) is 27.8. The SMILES string of the molecule is CC(C)(C)c1cc(N2c3ccc(C(C)(C)C)cc3B3c4cc(C(C)(C)C)ccc4N(c4cc(C(C)(C)C)cc(C(C)(C)C)c4)c4cc(-c5cc(-c6ccccc6)nc(-c6ccccc6)n5)cc2c43)cc(C(C)(C)C)c1. The van der Waals surface area contributed by atoms with Gasteiger partial charge in [-0.05, 0) is 137 Å². The summed E-state index contributed by atoms with van der Waals surface area (Å²) in [5.74, 6) is 0.699. The zero-order valence-corrected chi connectivity index (χ0v) is 48.3. The molecule has 2 aliphatic rings. The molecule has 382 valence electrons. The van der Waals surface area contributed by atoms with Crippen molar-refractivity contribution in [1.29, 1.82) is 0 Å².